The smallest absolute Gasteiger partial charge is 0.274 e. The van der Waals surface area contributed by atoms with Crippen molar-refractivity contribution in [1.82, 2.24) is 4.90 Å². The molecule has 2 amide bonds. The minimum atomic E-state index is -0.856. The van der Waals surface area contributed by atoms with E-state index in [4.69, 9.17) is 0 Å². The molecule has 4 nitrogen and oxygen atoms in total. The van der Waals surface area contributed by atoms with Crippen LogP contribution in [0.4, 0.5) is 0 Å². The van der Waals surface area contributed by atoms with Crippen LogP contribution in [-0.2, 0) is 4.79 Å². The van der Waals surface area contributed by atoms with Crippen molar-refractivity contribution in [2.75, 3.05) is 0 Å². The molecular weight excluding hydrogens is 228 g/mol. The van der Waals surface area contributed by atoms with E-state index in [0.717, 1.165) is 5.56 Å². The molecule has 0 radical (unpaired) electrons. The molecule has 0 fully saturated rings. The van der Waals surface area contributed by atoms with Crippen molar-refractivity contribution in [3.63, 3.8) is 0 Å². The summed E-state index contributed by atoms with van der Waals surface area (Å²) in [6.07, 6.45) is 0. The molecule has 0 N–H and O–H groups in total. The quantitative estimate of drug-likeness (QED) is 0.754. The number of hydrogen-bond donors (Lipinski definition) is 0. The van der Waals surface area contributed by atoms with Crippen molar-refractivity contribution in [3.05, 3.63) is 35.4 Å². The van der Waals surface area contributed by atoms with Gasteiger partial charge < -0.3 is 0 Å². The van der Waals surface area contributed by atoms with Crippen molar-refractivity contribution in [2.24, 2.45) is 10.9 Å². The number of amidine groups is 1. The number of aliphatic imine (C=N–C) groups is 1. The lowest BCUT2D eigenvalue weighted by molar-refractivity contribution is -0.126. The number of carbonyl (C=O) groups excluding carboxylic acids is 2. The molecule has 1 aromatic rings. The van der Waals surface area contributed by atoms with Crippen LogP contribution in [0.3, 0.4) is 0 Å². The Balaban J connectivity index is 2.23. The first-order valence-corrected chi connectivity index (χ1v) is 6.05. The summed E-state index contributed by atoms with van der Waals surface area (Å²) in [5.41, 5.74) is 0.543. The number of carbonyl (C=O) groups is 2. The van der Waals surface area contributed by atoms with E-state index in [1.54, 1.807) is 17.9 Å². The molecule has 0 spiro atoms. The average molecular weight is 242 g/mol. The maximum Gasteiger partial charge on any atom is 0.274 e. The first-order chi connectivity index (χ1) is 8.48. The van der Waals surface area contributed by atoms with Gasteiger partial charge in [0.1, 0.15) is 11.4 Å². The number of hydrogen-bond acceptors (Lipinski definition) is 2. The molecule has 0 saturated carbocycles. The zero-order chi connectivity index (χ0) is 13.1. The lowest BCUT2D eigenvalue weighted by Crippen LogP contribution is -2.53. The van der Waals surface area contributed by atoms with Gasteiger partial charge in [0.05, 0.1) is 5.56 Å². The van der Waals surface area contributed by atoms with Crippen LogP contribution in [0, 0.1) is 5.92 Å². The molecule has 1 atom stereocenters. The standard InChI is InChI=1S/C14H14N2O2/c1-8(2)14(3)13(18)15-11-9-6-4-5-7-10(9)12(17)16(11)14/h4-8H,1-3H3/t14-/m0/s1. The van der Waals surface area contributed by atoms with Crippen LogP contribution in [0.15, 0.2) is 29.3 Å². The van der Waals surface area contributed by atoms with E-state index in [2.05, 4.69) is 4.99 Å². The molecule has 2 aliphatic heterocycles. The van der Waals surface area contributed by atoms with Gasteiger partial charge in [-0.1, -0.05) is 32.0 Å². The van der Waals surface area contributed by atoms with Gasteiger partial charge in [-0.2, -0.15) is 4.99 Å². The van der Waals surface area contributed by atoms with Gasteiger partial charge in [0.2, 0.25) is 0 Å². The van der Waals surface area contributed by atoms with Crippen LogP contribution in [-0.4, -0.2) is 28.1 Å². The molecule has 3 rings (SSSR count). The molecular formula is C14H14N2O2. The Morgan fingerprint density at radius 3 is 2.39 bits per heavy atom. The fraction of sp³-hybridized carbons (Fsp3) is 0.357. The Kier molecular flexibility index (Phi) is 2.03. The van der Waals surface area contributed by atoms with Gasteiger partial charge in [0, 0.05) is 5.56 Å². The highest BCUT2D eigenvalue weighted by Gasteiger charge is 2.55. The van der Waals surface area contributed by atoms with Crippen LogP contribution in [0.25, 0.3) is 0 Å². The summed E-state index contributed by atoms with van der Waals surface area (Å²) in [4.78, 5) is 30.2. The number of fused-ring (bicyclic) bond motifs is 3. The molecule has 4 heteroatoms. The van der Waals surface area contributed by atoms with Crippen LogP contribution >= 0.6 is 0 Å². The third-order valence-electron chi connectivity index (χ3n) is 4.04. The van der Waals surface area contributed by atoms with Gasteiger partial charge >= 0.3 is 0 Å². The summed E-state index contributed by atoms with van der Waals surface area (Å²) in [6, 6.07) is 7.30. The minimum absolute atomic E-state index is 0.0181. The van der Waals surface area contributed by atoms with Gasteiger partial charge in [-0.05, 0) is 18.9 Å². The Morgan fingerprint density at radius 2 is 1.78 bits per heavy atom. The lowest BCUT2D eigenvalue weighted by atomic mass is 9.87. The second kappa shape index (κ2) is 3.28. The van der Waals surface area contributed by atoms with Crippen molar-refractivity contribution in [3.8, 4) is 0 Å². The Morgan fingerprint density at radius 1 is 1.17 bits per heavy atom. The zero-order valence-corrected chi connectivity index (χ0v) is 10.6. The van der Waals surface area contributed by atoms with Crippen LogP contribution in [0.1, 0.15) is 36.7 Å². The largest absolute Gasteiger partial charge is 0.277 e. The van der Waals surface area contributed by atoms with E-state index in [0.29, 0.717) is 11.4 Å². The summed E-state index contributed by atoms with van der Waals surface area (Å²) in [6.45, 7) is 5.67. The van der Waals surface area contributed by atoms with E-state index in [1.165, 1.54) is 0 Å². The Labute approximate surface area is 105 Å². The molecule has 2 aliphatic rings. The van der Waals surface area contributed by atoms with E-state index in [9.17, 15) is 9.59 Å². The molecule has 0 unspecified atom stereocenters. The fourth-order valence-corrected chi connectivity index (χ4v) is 2.55. The predicted octanol–water partition coefficient (Wildman–Crippen LogP) is 1.84. The third-order valence-corrected chi connectivity index (χ3v) is 4.04. The minimum Gasteiger partial charge on any atom is -0.277 e. The first kappa shape index (κ1) is 11.1. The molecule has 1 aromatic carbocycles. The monoisotopic (exact) mass is 242 g/mol. The fourth-order valence-electron chi connectivity index (χ4n) is 2.55. The maximum absolute atomic E-state index is 12.4. The average Bonchev–Trinajstić information content (AvgIpc) is 2.77. The van der Waals surface area contributed by atoms with Crippen molar-refractivity contribution < 1.29 is 9.59 Å². The normalized spacial score (nSPS) is 25.6. The summed E-state index contributed by atoms with van der Waals surface area (Å²) in [5, 5.41) is 0. The summed E-state index contributed by atoms with van der Waals surface area (Å²) >= 11 is 0. The van der Waals surface area contributed by atoms with Crippen molar-refractivity contribution in [1.29, 1.82) is 0 Å². The number of amides is 2. The van der Waals surface area contributed by atoms with E-state index in [-0.39, 0.29) is 17.7 Å². The van der Waals surface area contributed by atoms with Crippen LogP contribution < -0.4 is 0 Å². The lowest BCUT2D eigenvalue weighted by Gasteiger charge is -2.34. The highest BCUT2D eigenvalue weighted by molar-refractivity contribution is 6.30. The molecule has 0 aliphatic carbocycles. The highest BCUT2D eigenvalue weighted by atomic mass is 16.2. The van der Waals surface area contributed by atoms with Gasteiger partial charge in [-0.15, -0.1) is 0 Å². The van der Waals surface area contributed by atoms with E-state index in [1.807, 2.05) is 32.0 Å². The summed E-state index contributed by atoms with van der Waals surface area (Å²) in [7, 11) is 0. The van der Waals surface area contributed by atoms with Crippen LogP contribution in [0.2, 0.25) is 0 Å². The van der Waals surface area contributed by atoms with Crippen molar-refractivity contribution >= 4 is 17.6 Å². The Hall–Kier alpha value is -1.97. The van der Waals surface area contributed by atoms with Crippen molar-refractivity contribution in [2.45, 2.75) is 26.3 Å². The highest BCUT2D eigenvalue weighted by Crippen LogP contribution is 2.39. The number of benzene rings is 1. The first-order valence-electron chi connectivity index (χ1n) is 6.05. The van der Waals surface area contributed by atoms with Gasteiger partial charge in [-0.3, -0.25) is 14.5 Å². The second-order valence-electron chi connectivity index (χ2n) is 5.23. The molecule has 0 aromatic heterocycles. The SMILES string of the molecule is CC(C)[C@@]1(C)C(=O)N=C2c3ccccc3C(=O)N21. The second-order valence-corrected chi connectivity index (χ2v) is 5.23. The van der Waals surface area contributed by atoms with Gasteiger partial charge in [0.25, 0.3) is 11.8 Å². The summed E-state index contributed by atoms with van der Waals surface area (Å²) in [5.74, 6) is 0.183. The molecule has 18 heavy (non-hydrogen) atoms. The number of nitrogens with zero attached hydrogens (tertiary/aromatic N) is 2. The molecule has 0 bridgehead atoms. The van der Waals surface area contributed by atoms with Gasteiger partial charge in [-0.25, -0.2) is 0 Å². The molecule has 0 saturated heterocycles. The molecule has 92 valence electrons. The zero-order valence-electron chi connectivity index (χ0n) is 10.6. The predicted molar refractivity (Wildman–Crippen MR) is 67.4 cm³/mol. The Bertz CT molecular complexity index is 604. The topological polar surface area (TPSA) is 49.7 Å². The van der Waals surface area contributed by atoms with Crippen LogP contribution in [0.5, 0.6) is 0 Å². The maximum atomic E-state index is 12.4. The summed E-state index contributed by atoms with van der Waals surface area (Å²) < 4.78 is 0. The third kappa shape index (κ3) is 1.08. The van der Waals surface area contributed by atoms with Gasteiger partial charge in [0.15, 0.2) is 0 Å². The number of rotatable bonds is 1. The van der Waals surface area contributed by atoms with E-state index >= 15 is 0 Å². The molecule has 2 heterocycles. The van der Waals surface area contributed by atoms with E-state index < -0.39 is 5.54 Å².